The first-order valence-corrected chi connectivity index (χ1v) is 12.8. The zero-order valence-corrected chi connectivity index (χ0v) is 20.5. The quantitative estimate of drug-likeness (QED) is 0.481. The average molecular weight is 498 g/mol. The van der Waals surface area contributed by atoms with Crippen LogP contribution in [0.3, 0.4) is 0 Å². The Kier molecular flexibility index (Phi) is 9.67. The van der Waals surface area contributed by atoms with E-state index in [1.807, 2.05) is 6.92 Å². The predicted molar refractivity (Wildman–Crippen MR) is 128 cm³/mol. The van der Waals surface area contributed by atoms with Gasteiger partial charge in [0, 0.05) is 18.1 Å². The van der Waals surface area contributed by atoms with Gasteiger partial charge in [-0.25, -0.2) is 12.8 Å². The molecule has 0 bridgehead atoms. The molecule has 0 aromatic heterocycles. The van der Waals surface area contributed by atoms with Gasteiger partial charge in [-0.2, -0.15) is 0 Å². The number of carbonyl (C=O) groups excluding carboxylic acids is 2. The van der Waals surface area contributed by atoms with Crippen LogP contribution in [0.1, 0.15) is 32.3 Å². The molecule has 2 amide bonds. The van der Waals surface area contributed by atoms with Gasteiger partial charge in [0.1, 0.15) is 18.4 Å². The molecule has 7 nitrogen and oxygen atoms in total. The summed E-state index contributed by atoms with van der Waals surface area (Å²) in [6, 6.07) is 10.8. The van der Waals surface area contributed by atoms with Gasteiger partial charge in [-0.3, -0.25) is 13.9 Å². The summed E-state index contributed by atoms with van der Waals surface area (Å²) in [6.45, 7) is 3.51. The molecule has 0 saturated heterocycles. The number of nitrogens with one attached hydrogen (secondary N) is 1. The van der Waals surface area contributed by atoms with E-state index >= 15 is 0 Å². The van der Waals surface area contributed by atoms with Crippen LogP contribution in [0.25, 0.3) is 0 Å². The topological polar surface area (TPSA) is 86.8 Å². The van der Waals surface area contributed by atoms with Crippen molar-refractivity contribution in [1.82, 2.24) is 10.2 Å². The molecule has 1 N–H and O–H groups in total. The van der Waals surface area contributed by atoms with Gasteiger partial charge >= 0.3 is 0 Å². The molecule has 2 aromatic rings. The number of hydrogen-bond acceptors (Lipinski definition) is 4. The number of carbonyl (C=O) groups is 2. The molecule has 0 saturated carbocycles. The van der Waals surface area contributed by atoms with E-state index in [9.17, 15) is 22.4 Å². The predicted octanol–water partition coefficient (Wildman–Crippen LogP) is 3.58. The highest BCUT2D eigenvalue weighted by atomic mass is 35.5. The lowest BCUT2D eigenvalue weighted by atomic mass is 10.1. The van der Waals surface area contributed by atoms with E-state index in [0.717, 1.165) is 35.5 Å². The van der Waals surface area contributed by atoms with Gasteiger partial charge in [0.05, 0.1) is 11.9 Å². The van der Waals surface area contributed by atoms with Gasteiger partial charge in [0.15, 0.2) is 0 Å². The number of benzene rings is 2. The smallest absolute Gasteiger partial charge is 0.244 e. The molecule has 0 heterocycles. The third-order valence-electron chi connectivity index (χ3n) is 5.09. The SMILES string of the molecule is CCCCNC(=O)[C@@H](C)N(Cc1ccccc1Cl)C(=O)CN(c1ccc(F)cc1)S(C)(=O)=O. The first-order valence-electron chi connectivity index (χ1n) is 10.6. The Morgan fingerprint density at radius 2 is 1.76 bits per heavy atom. The molecule has 0 unspecified atom stereocenters. The number of halogens is 2. The van der Waals surface area contributed by atoms with Crippen molar-refractivity contribution in [2.75, 3.05) is 23.7 Å². The molecule has 10 heteroatoms. The van der Waals surface area contributed by atoms with Crippen LogP contribution in [0, 0.1) is 5.82 Å². The second-order valence-corrected chi connectivity index (χ2v) is 9.99. The molecule has 0 aliphatic heterocycles. The van der Waals surface area contributed by atoms with Crippen LogP contribution < -0.4 is 9.62 Å². The van der Waals surface area contributed by atoms with Gasteiger partial charge in [-0.05, 0) is 49.2 Å². The van der Waals surface area contributed by atoms with Crippen LogP contribution in [-0.4, -0.2) is 50.5 Å². The highest BCUT2D eigenvalue weighted by Gasteiger charge is 2.30. The van der Waals surface area contributed by atoms with Crippen molar-refractivity contribution in [3.05, 3.63) is 64.9 Å². The maximum Gasteiger partial charge on any atom is 0.244 e. The molecule has 1 atom stereocenters. The van der Waals surface area contributed by atoms with Crippen molar-refractivity contribution in [3.63, 3.8) is 0 Å². The normalized spacial score (nSPS) is 12.2. The lowest BCUT2D eigenvalue weighted by Crippen LogP contribution is -2.51. The monoisotopic (exact) mass is 497 g/mol. The van der Waals surface area contributed by atoms with Crippen LogP contribution in [0.2, 0.25) is 5.02 Å². The molecule has 2 rings (SSSR count). The fraction of sp³-hybridized carbons (Fsp3) is 0.391. The maximum atomic E-state index is 13.4. The Bertz CT molecular complexity index is 1060. The van der Waals surface area contributed by atoms with Gasteiger partial charge in [-0.1, -0.05) is 43.1 Å². The van der Waals surface area contributed by atoms with Crippen LogP contribution in [-0.2, 0) is 26.2 Å². The van der Waals surface area contributed by atoms with E-state index in [-0.39, 0.29) is 18.1 Å². The standard InChI is InChI=1S/C23H29ClFN3O4S/c1-4-5-14-26-23(30)17(2)27(15-18-8-6-7-9-21(18)24)22(29)16-28(33(3,31)32)20-12-10-19(25)11-13-20/h6-13,17H,4-5,14-16H2,1-3H3,(H,26,30)/t17-/m1/s1. The summed E-state index contributed by atoms with van der Waals surface area (Å²) < 4.78 is 39.1. The number of sulfonamides is 1. The highest BCUT2D eigenvalue weighted by Crippen LogP contribution is 2.21. The summed E-state index contributed by atoms with van der Waals surface area (Å²) in [5.74, 6) is -1.48. The lowest BCUT2D eigenvalue weighted by molar-refractivity contribution is -0.139. The third kappa shape index (κ3) is 7.71. The molecule has 0 fully saturated rings. The van der Waals surface area contributed by atoms with Crippen LogP contribution >= 0.6 is 11.6 Å². The molecule has 33 heavy (non-hydrogen) atoms. The molecule has 0 radical (unpaired) electrons. The highest BCUT2D eigenvalue weighted by molar-refractivity contribution is 7.92. The number of nitrogens with zero attached hydrogens (tertiary/aromatic N) is 2. The molecule has 0 spiro atoms. The Morgan fingerprint density at radius 1 is 1.12 bits per heavy atom. The minimum absolute atomic E-state index is 0.0158. The van der Waals surface area contributed by atoms with E-state index in [1.54, 1.807) is 31.2 Å². The fourth-order valence-corrected chi connectivity index (χ4v) is 4.20. The Labute approximate surface area is 199 Å². The Balaban J connectivity index is 2.35. The summed E-state index contributed by atoms with van der Waals surface area (Å²) in [6.07, 6.45) is 2.66. The van der Waals surface area contributed by atoms with Crippen molar-refractivity contribution in [2.45, 2.75) is 39.3 Å². The summed E-state index contributed by atoms with van der Waals surface area (Å²) in [7, 11) is -3.87. The summed E-state index contributed by atoms with van der Waals surface area (Å²) in [5, 5.41) is 3.22. The second-order valence-electron chi connectivity index (χ2n) is 7.68. The molecule has 180 valence electrons. The van der Waals surface area contributed by atoms with Crippen LogP contribution in [0.4, 0.5) is 10.1 Å². The fourth-order valence-electron chi connectivity index (χ4n) is 3.15. The molecule has 0 aliphatic carbocycles. The molecular weight excluding hydrogens is 469 g/mol. The minimum Gasteiger partial charge on any atom is -0.354 e. The van der Waals surface area contributed by atoms with Crippen molar-refractivity contribution in [2.24, 2.45) is 0 Å². The molecule has 2 aromatic carbocycles. The first kappa shape index (κ1) is 26.6. The van der Waals surface area contributed by atoms with Gasteiger partial charge in [-0.15, -0.1) is 0 Å². The number of unbranched alkanes of at least 4 members (excludes halogenated alkanes) is 1. The Hall–Kier alpha value is -2.65. The van der Waals surface area contributed by atoms with E-state index in [1.165, 1.54) is 17.0 Å². The van der Waals surface area contributed by atoms with E-state index in [0.29, 0.717) is 17.1 Å². The van der Waals surface area contributed by atoms with Crippen LogP contribution in [0.15, 0.2) is 48.5 Å². The summed E-state index contributed by atoms with van der Waals surface area (Å²) >= 11 is 6.27. The van der Waals surface area contributed by atoms with Crippen LogP contribution in [0.5, 0.6) is 0 Å². The van der Waals surface area contributed by atoms with Crippen molar-refractivity contribution in [1.29, 1.82) is 0 Å². The lowest BCUT2D eigenvalue weighted by Gasteiger charge is -2.31. The van der Waals surface area contributed by atoms with E-state index < -0.39 is 34.3 Å². The summed E-state index contributed by atoms with van der Waals surface area (Å²) in [4.78, 5) is 27.4. The summed E-state index contributed by atoms with van der Waals surface area (Å²) in [5.41, 5.74) is 0.762. The zero-order chi connectivity index (χ0) is 24.6. The average Bonchev–Trinajstić information content (AvgIpc) is 2.76. The number of amides is 2. The third-order valence-corrected chi connectivity index (χ3v) is 6.60. The van der Waals surface area contributed by atoms with Gasteiger partial charge in [0.25, 0.3) is 0 Å². The Morgan fingerprint density at radius 3 is 2.33 bits per heavy atom. The molecular formula is C23H29ClFN3O4S. The van der Waals surface area contributed by atoms with Crippen molar-refractivity contribution >= 4 is 39.1 Å². The largest absolute Gasteiger partial charge is 0.354 e. The number of rotatable bonds is 11. The van der Waals surface area contributed by atoms with Gasteiger partial charge in [0.2, 0.25) is 21.8 Å². The minimum atomic E-state index is -3.87. The number of hydrogen-bond donors (Lipinski definition) is 1. The van der Waals surface area contributed by atoms with E-state index in [4.69, 9.17) is 11.6 Å². The van der Waals surface area contributed by atoms with Gasteiger partial charge < -0.3 is 10.2 Å². The first-order chi connectivity index (χ1) is 15.5. The van der Waals surface area contributed by atoms with Crippen molar-refractivity contribution < 1.29 is 22.4 Å². The maximum absolute atomic E-state index is 13.4. The van der Waals surface area contributed by atoms with Crippen molar-refractivity contribution in [3.8, 4) is 0 Å². The zero-order valence-electron chi connectivity index (χ0n) is 18.9. The number of anilines is 1. The molecule has 0 aliphatic rings. The second kappa shape index (κ2) is 12.0. The van der Waals surface area contributed by atoms with E-state index in [2.05, 4.69) is 5.32 Å².